The van der Waals surface area contributed by atoms with Gasteiger partial charge >= 0.3 is 5.97 Å². The molecule has 1 N–H and O–H groups in total. The summed E-state index contributed by atoms with van der Waals surface area (Å²) >= 11 is 0. The summed E-state index contributed by atoms with van der Waals surface area (Å²) in [7, 11) is 2.97. The predicted octanol–water partition coefficient (Wildman–Crippen LogP) is 3.36. The minimum atomic E-state index is -0.986. The van der Waals surface area contributed by atoms with Gasteiger partial charge in [0, 0.05) is 12.1 Å². The molecule has 0 unspecified atom stereocenters. The van der Waals surface area contributed by atoms with E-state index in [1.807, 2.05) is 30.3 Å². The highest BCUT2D eigenvalue weighted by Gasteiger charge is 2.33. The fraction of sp³-hybridized carbons (Fsp3) is 0.364. The predicted molar refractivity (Wildman–Crippen MR) is 107 cm³/mol. The summed E-state index contributed by atoms with van der Waals surface area (Å²) in [5, 5.41) is 9.47. The molecule has 0 aliphatic carbocycles. The molecule has 29 heavy (non-hydrogen) atoms. The molecule has 0 aromatic heterocycles. The Morgan fingerprint density at radius 3 is 2.31 bits per heavy atom. The Bertz CT molecular complexity index is 842. The molecule has 1 fully saturated rings. The molecule has 1 heterocycles. The SMILES string of the molecule is COc1cc(C(=O)N2CCCC[C@@H]2C(=O)O)cc(OC)c1OCc1ccccc1. The lowest BCUT2D eigenvalue weighted by Crippen LogP contribution is -2.48. The van der Waals surface area contributed by atoms with Crippen molar-refractivity contribution in [3.63, 3.8) is 0 Å². The van der Waals surface area contributed by atoms with Crippen LogP contribution in [0.2, 0.25) is 0 Å². The summed E-state index contributed by atoms with van der Waals surface area (Å²) in [6, 6.07) is 12.0. The Morgan fingerprint density at radius 1 is 1.07 bits per heavy atom. The van der Waals surface area contributed by atoms with Gasteiger partial charge in [0.15, 0.2) is 11.5 Å². The van der Waals surface area contributed by atoms with Crippen LogP contribution in [0.5, 0.6) is 17.2 Å². The number of rotatable bonds is 7. The van der Waals surface area contributed by atoms with E-state index in [1.54, 1.807) is 12.1 Å². The van der Waals surface area contributed by atoms with Gasteiger partial charge in [-0.1, -0.05) is 30.3 Å². The van der Waals surface area contributed by atoms with Gasteiger partial charge in [-0.15, -0.1) is 0 Å². The molecule has 0 spiro atoms. The number of carboxylic acids is 1. The Hall–Kier alpha value is -3.22. The molecule has 3 rings (SSSR count). The minimum Gasteiger partial charge on any atom is -0.493 e. The summed E-state index contributed by atoms with van der Waals surface area (Å²) in [5.74, 6) is -0.244. The van der Waals surface area contributed by atoms with Gasteiger partial charge in [-0.3, -0.25) is 4.79 Å². The van der Waals surface area contributed by atoms with E-state index in [4.69, 9.17) is 14.2 Å². The summed E-state index contributed by atoms with van der Waals surface area (Å²) < 4.78 is 16.8. The van der Waals surface area contributed by atoms with E-state index in [1.165, 1.54) is 19.1 Å². The molecule has 7 heteroatoms. The van der Waals surface area contributed by atoms with Gasteiger partial charge < -0.3 is 24.2 Å². The van der Waals surface area contributed by atoms with Crippen LogP contribution >= 0.6 is 0 Å². The zero-order valence-corrected chi connectivity index (χ0v) is 16.6. The molecule has 0 radical (unpaired) electrons. The lowest BCUT2D eigenvalue weighted by molar-refractivity contribution is -0.143. The van der Waals surface area contributed by atoms with Crippen LogP contribution in [0.15, 0.2) is 42.5 Å². The summed E-state index contributed by atoms with van der Waals surface area (Å²) in [6.45, 7) is 0.723. The molecular formula is C22H25NO6. The van der Waals surface area contributed by atoms with Gasteiger partial charge in [0.25, 0.3) is 5.91 Å². The molecule has 1 aliphatic heterocycles. The number of benzene rings is 2. The number of piperidine rings is 1. The molecule has 7 nitrogen and oxygen atoms in total. The van der Waals surface area contributed by atoms with Gasteiger partial charge in [0.05, 0.1) is 14.2 Å². The van der Waals surface area contributed by atoms with Crippen molar-refractivity contribution in [2.24, 2.45) is 0 Å². The average Bonchev–Trinajstić information content (AvgIpc) is 2.77. The van der Waals surface area contributed by atoms with Gasteiger partial charge in [0.2, 0.25) is 5.75 Å². The fourth-order valence-corrected chi connectivity index (χ4v) is 3.47. The highest BCUT2D eigenvalue weighted by Crippen LogP contribution is 2.39. The van der Waals surface area contributed by atoms with Crippen LogP contribution in [-0.2, 0) is 11.4 Å². The standard InChI is InChI=1S/C22H25NO6/c1-27-18-12-16(21(24)23-11-7-6-10-17(23)22(25)26)13-19(28-2)20(18)29-14-15-8-4-3-5-9-15/h3-5,8-9,12-13,17H,6-7,10-11,14H2,1-2H3,(H,25,26)/t17-/m1/s1. The first-order valence-electron chi connectivity index (χ1n) is 9.51. The zero-order chi connectivity index (χ0) is 20.8. The molecule has 154 valence electrons. The Kier molecular flexibility index (Phi) is 6.59. The maximum absolute atomic E-state index is 13.1. The molecule has 2 aromatic carbocycles. The normalized spacial score (nSPS) is 16.2. The summed E-state index contributed by atoms with van der Waals surface area (Å²) in [6.07, 6.45) is 2.02. The average molecular weight is 399 g/mol. The van der Waals surface area contributed by atoms with Crippen molar-refractivity contribution >= 4 is 11.9 Å². The molecule has 0 bridgehead atoms. The fourth-order valence-electron chi connectivity index (χ4n) is 3.47. The molecule has 1 amide bonds. The molecule has 0 saturated carbocycles. The topological polar surface area (TPSA) is 85.3 Å². The van der Waals surface area contributed by atoms with Crippen molar-refractivity contribution in [2.45, 2.75) is 31.9 Å². The van der Waals surface area contributed by atoms with Gasteiger partial charge in [-0.2, -0.15) is 0 Å². The van der Waals surface area contributed by atoms with Gasteiger partial charge in [-0.25, -0.2) is 4.79 Å². The number of ether oxygens (including phenoxy) is 3. The van der Waals surface area contributed by atoms with E-state index in [9.17, 15) is 14.7 Å². The van der Waals surface area contributed by atoms with Crippen LogP contribution in [0.4, 0.5) is 0 Å². The van der Waals surface area contributed by atoms with E-state index in [0.29, 0.717) is 42.4 Å². The molecular weight excluding hydrogens is 374 g/mol. The van der Waals surface area contributed by atoms with E-state index < -0.39 is 12.0 Å². The third kappa shape index (κ3) is 4.62. The highest BCUT2D eigenvalue weighted by molar-refractivity contribution is 5.98. The maximum atomic E-state index is 13.1. The second-order valence-corrected chi connectivity index (χ2v) is 6.83. The lowest BCUT2D eigenvalue weighted by Gasteiger charge is -2.33. The second-order valence-electron chi connectivity index (χ2n) is 6.83. The quantitative estimate of drug-likeness (QED) is 0.768. The maximum Gasteiger partial charge on any atom is 0.326 e. The van der Waals surface area contributed by atoms with E-state index in [0.717, 1.165) is 18.4 Å². The number of carbonyl (C=O) groups is 2. The molecule has 1 saturated heterocycles. The second kappa shape index (κ2) is 9.32. The molecule has 2 aromatic rings. The van der Waals surface area contributed by atoms with Crippen LogP contribution in [-0.4, -0.2) is 48.7 Å². The first kappa shape index (κ1) is 20.5. The number of carbonyl (C=O) groups excluding carboxylic acids is 1. The number of carboxylic acid groups (broad SMARTS) is 1. The van der Waals surface area contributed by atoms with Crippen LogP contribution < -0.4 is 14.2 Å². The largest absolute Gasteiger partial charge is 0.493 e. The van der Waals surface area contributed by atoms with Crippen LogP contribution in [0.25, 0.3) is 0 Å². The molecule has 1 atom stereocenters. The highest BCUT2D eigenvalue weighted by atomic mass is 16.5. The van der Waals surface area contributed by atoms with Crippen LogP contribution in [0.1, 0.15) is 35.2 Å². The van der Waals surface area contributed by atoms with Crippen molar-refractivity contribution in [1.29, 1.82) is 0 Å². The monoisotopic (exact) mass is 399 g/mol. The minimum absolute atomic E-state index is 0.305. The van der Waals surface area contributed by atoms with E-state index in [2.05, 4.69) is 0 Å². The smallest absolute Gasteiger partial charge is 0.326 e. The number of nitrogens with zero attached hydrogens (tertiary/aromatic N) is 1. The lowest BCUT2D eigenvalue weighted by atomic mass is 10.0. The number of hydrogen-bond acceptors (Lipinski definition) is 5. The Labute approximate surface area is 169 Å². The van der Waals surface area contributed by atoms with Crippen molar-refractivity contribution < 1.29 is 28.9 Å². The molecule has 1 aliphatic rings. The van der Waals surface area contributed by atoms with E-state index in [-0.39, 0.29) is 5.91 Å². The van der Waals surface area contributed by atoms with Crippen molar-refractivity contribution in [3.05, 3.63) is 53.6 Å². The Balaban J connectivity index is 1.88. The Morgan fingerprint density at radius 2 is 1.72 bits per heavy atom. The van der Waals surface area contributed by atoms with Crippen molar-refractivity contribution in [3.8, 4) is 17.2 Å². The van der Waals surface area contributed by atoms with Crippen LogP contribution in [0.3, 0.4) is 0 Å². The summed E-state index contributed by atoms with van der Waals surface area (Å²) in [4.78, 5) is 26.0. The van der Waals surface area contributed by atoms with Crippen molar-refractivity contribution in [2.75, 3.05) is 20.8 Å². The number of likely N-dealkylation sites (tertiary alicyclic amines) is 1. The van der Waals surface area contributed by atoms with Gasteiger partial charge in [-0.05, 0) is 37.0 Å². The first-order chi connectivity index (χ1) is 14.0. The van der Waals surface area contributed by atoms with E-state index >= 15 is 0 Å². The zero-order valence-electron chi connectivity index (χ0n) is 16.6. The number of amides is 1. The first-order valence-corrected chi connectivity index (χ1v) is 9.51. The van der Waals surface area contributed by atoms with Crippen molar-refractivity contribution in [1.82, 2.24) is 4.90 Å². The number of hydrogen-bond donors (Lipinski definition) is 1. The van der Waals surface area contributed by atoms with Crippen LogP contribution in [0, 0.1) is 0 Å². The third-order valence-electron chi connectivity index (χ3n) is 4.98. The third-order valence-corrected chi connectivity index (χ3v) is 4.98. The number of aliphatic carboxylic acids is 1. The number of methoxy groups -OCH3 is 2. The van der Waals surface area contributed by atoms with Gasteiger partial charge in [0.1, 0.15) is 12.6 Å². The summed E-state index contributed by atoms with van der Waals surface area (Å²) in [5.41, 5.74) is 1.29.